The monoisotopic (exact) mass is 179 g/mol. The molecular weight excluding hydrogens is 162 g/mol. The van der Waals surface area contributed by atoms with Crippen LogP contribution >= 0.6 is 0 Å². The minimum Gasteiger partial charge on any atom is -0.345 e. The minimum absolute atomic E-state index is 0.108. The summed E-state index contributed by atoms with van der Waals surface area (Å²) in [5.41, 5.74) is 0. The van der Waals surface area contributed by atoms with Gasteiger partial charge in [0.1, 0.15) is 0 Å². The lowest BCUT2D eigenvalue weighted by Gasteiger charge is -2.08. The number of carbonyl (C=O) groups is 1. The van der Waals surface area contributed by atoms with Crippen LogP contribution in [0.1, 0.15) is 32.6 Å². The molecule has 2 nitrogen and oxygen atoms in total. The molecule has 1 saturated carbocycles. The zero-order chi connectivity index (χ0) is 9.68. The normalized spacial score (nSPS) is 26.8. The molecule has 0 heterocycles. The largest absolute Gasteiger partial charge is 0.345 e. The molecule has 0 bridgehead atoms. The van der Waals surface area contributed by atoms with E-state index < -0.39 is 0 Å². The van der Waals surface area contributed by atoms with Crippen LogP contribution in [0.5, 0.6) is 0 Å². The number of carbonyl (C=O) groups excluding carboxylic acids is 1. The van der Waals surface area contributed by atoms with E-state index in [2.05, 4.69) is 18.2 Å². The third-order valence-corrected chi connectivity index (χ3v) is 2.67. The van der Waals surface area contributed by atoms with E-state index in [1.807, 2.05) is 0 Å². The van der Waals surface area contributed by atoms with Crippen LogP contribution < -0.4 is 5.32 Å². The maximum Gasteiger partial charge on any atom is 0.221 e. The van der Waals surface area contributed by atoms with Gasteiger partial charge in [-0.25, -0.2) is 0 Å². The predicted molar refractivity (Wildman–Crippen MR) is 53.0 cm³/mol. The predicted octanol–water partition coefficient (Wildman–Crippen LogP) is 1.56. The molecule has 0 radical (unpaired) electrons. The summed E-state index contributed by atoms with van der Waals surface area (Å²) >= 11 is 0. The summed E-state index contributed by atoms with van der Waals surface area (Å²) in [6.45, 7) is 2.61. The molecule has 13 heavy (non-hydrogen) atoms. The second-order valence-electron chi connectivity index (χ2n) is 3.97. The third-order valence-electron chi connectivity index (χ3n) is 2.67. The fourth-order valence-corrected chi connectivity index (χ4v) is 1.99. The van der Waals surface area contributed by atoms with Gasteiger partial charge in [-0.15, -0.1) is 6.42 Å². The standard InChI is InChI=1S/C11H17NO/c1-3-6-12-11(13)8-10-5-4-9(2)7-10/h1,9-10H,4-8H2,2H3,(H,12,13). The van der Waals surface area contributed by atoms with Gasteiger partial charge >= 0.3 is 0 Å². The zero-order valence-corrected chi connectivity index (χ0v) is 8.18. The summed E-state index contributed by atoms with van der Waals surface area (Å²) in [4.78, 5) is 11.3. The second kappa shape index (κ2) is 4.91. The van der Waals surface area contributed by atoms with Crippen LogP contribution in [0.3, 0.4) is 0 Å². The van der Waals surface area contributed by atoms with Crippen LogP contribution in [0.4, 0.5) is 0 Å². The first-order valence-corrected chi connectivity index (χ1v) is 4.92. The average Bonchev–Trinajstić information content (AvgIpc) is 2.48. The smallest absolute Gasteiger partial charge is 0.221 e. The van der Waals surface area contributed by atoms with Crippen molar-refractivity contribution in [2.75, 3.05) is 6.54 Å². The van der Waals surface area contributed by atoms with E-state index in [0.717, 1.165) is 5.92 Å². The van der Waals surface area contributed by atoms with Crippen molar-refractivity contribution in [2.45, 2.75) is 32.6 Å². The van der Waals surface area contributed by atoms with Crippen molar-refractivity contribution in [3.8, 4) is 12.3 Å². The summed E-state index contributed by atoms with van der Waals surface area (Å²) in [5, 5.41) is 2.70. The number of amides is 1. The topological polar surface area (TPSA) is 29.1 Å². The first-order chi connectivity index (χ1) is 6.22. The summed E-state index contributed by atoms with van der Waals surface area (Å²) < 4.78 is 0. The van der Waals surface area contributed by atoms with Gasteiger partial charge < -0.3 is 5.32 Å². The van der Waals surface area contributed by atoms with Gasteiger partial charge in [0, 0.05) is 6.42 Å². The van der Waals surface area contributed by atoms with Gasteiger partial charge in [-0.3, -0.25) is 4.79 Å². The maximum atomic E-state index is 11.3. The molecule has 1 rings (SSSR count). The number of hydrogen-bond donors (Lipinski definition) is 1. The van der Waals surface area contributed by atoms with E-state index >= 15 is 0 Å². The molecule has 2 atom stereocenters. The van der Waals surface area contributed by atoms with Crippen molar-refractivity contribution < 1.29 is 4.79 Å². The Balaban J connectivity index is 2.18. The van der Waals surface area contributed by atoms with Gasteiger partial charge in [0.05, 0.1) is 6.54 Å². The molecule has 2 heteroatoms. The first kappa shape index (κ1) is 10.1. The molecule has 1 fully saturated rings. The number of rotatable bonds is 3. The molecule has 2 unspecified atom stereocenters. The average molecular weight is 179 g/mol. The molecule has 1 N–H and O–H groups in total. The Bertz CT molecular complexity index is 217. The molecule has 0 aromatic heterocycles. The van der Waals surface area contributed by atoms with E-state index in [9.17, 15) is 4.79 Å². The lowest BCUT2D eigenvalue weighted by molar-refractivity contribution is -0.121. The van der Waals surface area contributed by atoms with Gasteiger partial charge in [0.25, 0.3) is 0 Å². The van der Waals surface area contributed by atoms with E-state index in [1.165, 1.54) is 19.3 Å². The van der Waals surface area contributed by atoms with Crippen LogP contribution in [-0.2, 0) is 4.79 Å². The van der Waals surface area contributed by atoms with Crippen molar-refractivity contribution in [3.63, 3.8) is 0 Å². The maximum absolute atomic E-state index is 11.3. The molecule has 1 amide bonds. The van der Waals surface area contributed by atoms with Gasteiger partial charge in [-0.2, -0.15) is 0 Å². The highest BCUT2D eigenvalue weighted by molar-refractivity contribution is 5.76. The Morgan fingerprint density at radius 2 is 2.38 bits per heavy atom. The van der Waals surface area contributed by atoms with Gasteiger partial charge in [-0.1, -0.05) is 19.3 Å². The molecule has 1 aliphatic carbocycles. The van der Waals surface area contributed by atoms with Crippen molar-refractivity contribution in [2.24, 2.45) is 11.8 Å². The number of terminal acetylenes is 1. The Morgan fingerprint density at radius 3 is 2.92 bits per heavy atom. The second-order valence-corrected chi connectivity index (χ2v) is 3.97. The van der Waals surface area contributed by atoms with Crippen molar-refractivity contribution in [1.82, 2.24) is 5.32 Å². The van der Waals surface area contributed by atoms with Gasteiger partial charge in [-0.05, 0) is 24.7 Å². The van der Waals surface area contributed by atoms with Crippen LogP contribution in [0.15, 0.2) is 0 Å². The van der Waals surface area contributed by atoms with Crippen LogP contribution in [0.2, 0.25) is 0 Å². The number of hydrogen-bond acceptors (Lipinski definition) is 1. The van der Waals surface area contributed by atoms with Crippen LogP contribution in [0, 0.1) is 24.2 Å². The highest BCUT2D eigenvalue weighted by atomic mass is 16.1. The lowest BCUT2D eigenvalue weighted by Crippen LogP contribution is -2.25. The highest BCUT2D eigenvalue weighted by Gasteiger charge is 2.23. The van der Waals surface area contributed by atoms with Crippen molar-refractivity contribution in [1.29, 1.82) is 0 Å². The fourth-order valence-electron chi connectivity index (χ4n) is 1.99. The molecule has 0 aromatic carbocycles. The minimum atomic E-state index is 0.108. The molecule has 1 aliphatic rings. The summed E-state index contributed by atoms with van der Waals surface area (Å²) in [6, 6.07) is 0. The van der Waals surface area contributed by atoms with E-state index in [-0.39, 0.29) is 5.91 Å². The summed E-state index contributed by atoms with van der Waals surface area (Å²) in [6.07, 6.45) is 9.37. The lowest BCUT2D eigenvalue weighted by atomic mass is 10.0. The van der Waals surface area contributed by atoms with Crippen LogP contribution in [0.25, 0.3) is 0 Å². The third kappa shape index (κ3) is 3.50. The Hall–Kier alpha value is -0.970. The molecule has 0 aromatic rings. The SMILES string of the molecule is C#CCNC(=O)CC1CCC(C)C1. The van der Waals surface area contributed by atoms with E-state index in [4.69, 9.17) is 6.42 Å². The van der Waals surface area contributed by atoms with Crippen molar-refractivity contribution >= 4 is 5.91 Å². The fraction of sp³-hybridized carbons (Fsp3) is 0.727. The van der Waals surface area contributed by atoms with Gasteiger partial charge in [0.2, 0.25) is 5.91 Å². The summed E-state index contributed by atoms with van der Waals surface area (Å²) in [7, 11) is 0. The van der Waals surface area contributed by atoms with E-state index in [1.54, 1.807) is 0 Å². The highest BCUT2D eigenvalue weighted by Crippen LogP contribution is 2.32. The Kier molecular flexibility index (Phi) is 3.82. The van der Waals surface area contributed by atoms with Crippen molar-refractivity contribution in [3.05, 3.63) is 0 Å². The molecular formula is C11H17NO. The zero-order valence-electron chi connectivity index (χ0n) is 8.18. The molecule has 72 valence electrons. The first-order valence-electron chi connectivity index (χ1n) is 4.92. The molecule has 0 aliphatic heterocycles. The van der Waals surface area contributed by atoms with Gasteiger partial charge in [0.15, 0.2) is 0 Å². The number of nitrogens with one attached hydrogen (secondary N) is 1. The molecule has 0 saturated heterocycles. The van der Waals surface area contributed by atoms with E-state index in [0.29, 0.717) is 18.9 Å². The van der Waals surface area contributed by atoms with Crippen LogP contribution in [-0.4, -0.2) is 12.5 Å². The summed E-state index contributed by atoms with van der Waals surface area (Å²) in [5.74, 6) is 3.90. The molecule has 0 spiro atoms. The quantitative estimate of drug-likeness (QED) is 0.654. The Labute approximate surface area is 80.1 Å². The Morgan fingerprint density at radius 1 is 1.62 bits per heavy atom.